The van der Waals surface area contributed by atoms with Crippen molar-refractivity contribution in [3.63, 3.8) is 0 Å². The molecule has 0 atom stereocenters. The SMILES string of the molecule is O=c1[nH]c2c(-c3ccccn3)nc3ccccc3c2[nH]1. The van der Waals surface area contributed by atoms with Gasteiger partial charge in [0.2, 0.25) is 0 Å². The number of fused-ring (bicyclic) bond motifs is 3. The van der Waals surface area contributed by atoms with Crippen molar-refractivity contribution >= 4 is 21.9 Å². The van der Waals surface area contributed by atoms with Crippen LogP contribution in [0.4, 0.5) is 0 Å². The molecule has 5 nitrogen and oxygen atoms in total. The van der Waals surface area contributed by atoms with Gasteiger partial charge in [-0.15, -0.1) is 0 Å². The molecule has 5 heteroatoms. The van der Waals surface area contributed by atoms with Crippen molar-refractivity contribution in [1.82, 2.24) is 19.9 Å². The molecule has 0 saturated carbocycles. The highest BCUT2D eigenvalue weighted by atomic mass is 16.1. The molecule has 2 N–H and O–H groups in total. The van der Waals surface area contributed by atoms with Crippen molar-refractivity contribution in [2.45, 2.75) is 0 Å². The molecule has 0 aliphatic carbocycles. The monoisotopic (exact) mass is 262 g/mol. The highest BCUT2D eigenvalue weighted by Gasteiger charge is 2.13. The molecule has 1 aromatic carbocycles. The van der Waals surface area contributed by atoms with Crippen LogP contribution in [0.15, 0.2) is 53.5 Å². The summed E-state index contributed by atoms with van der Waals surface area (Å²) in [4.78, 5) is 26.2. The smallest absolute Gasteiger partial charge is 0.305 e. The largest absolute Gasteiger partial charge is 0.323 e. The minimum absolute atomic E-state index is 0.240. The Morgan fingerprint density at radius 2 is 1.70 bits per heavy atom. The van der Waals surface area contributed by atoms with Crippen molar-refractivity contribution in [3.05, 3.63) is 59.1 Å². The zero-order chi connectivity index (χ0) is 13.5. The van der Waals surface area contributed by atoms with Crippen LogP contribution in [0.2, 0.25) is 0 Å². The zero-order valence-corrected chi connectivity index (χ0v) is 10.4. The number of benzene rings is 1. The number of imidazole rings is 1. The van der Waals surface area contributed by atoms with E-state index in [9.17, 15) is 4.79 Å². The third-order valence-corrected chi connectivity index (χ3v) is 3.28. The van der Waals surface area contributed by atoms with Crippen LogP contribution in [0.1, 0.15) is 0 Å². The summed E-state index contributed by atoms with van der Waals surface area (Å²) < 4.78 is 0. The summed E-state index contributed by atoms with van der Waals surface area (Å²) in [6.07, 6.45) is 1.71. The third-order valence-electron chi connectivity index (χ3n) is 3.28. The fourth-order valence-corrected chi connectivity index (χ4v) is 2.41. The summed E-state index contributed by atoms with van der Waals surface area (Å²) >= 11 is 0. The van der Waals surface area contributed by atoms with Crippen LogP contribution < -0.4 is 5.69 Å². The Hall–Kier alpha value is -2.95. The maximum atomic E-state index is 11.7. The molecule has 0 radical (unpaired) electrons. The summed E-state index contributed by atoms with van der Waals surface area (Å²) in [6.45, 7) is 0. The number of pyridine rings is 2. The van der Waals surface area contributed by atoms with E-state index in [1.807, 2.05) is 42.5 Å². The molecule has 20 heavy (non-hydrogen) atoms. The number of para-hydroxylation sites is 1. The standard InChI is InChI=1S/C15H10N4O/c20-15-18-12-9-5-1-2-6-10(9)17-13(14(12)19-15)11-7-3-4-8-16-11/h1-8H,(H2,18,19,20). The fourth-order valence-electron chi connectivity index (χ4n) is 2.41. The van der Waals surface area contributed by atoms with E-state index < -0.39 is 0 Å². The van der Waals surface area contributed by atoms with E-state index in [-0.39, 0.29) is 5.69 Å². The van der Waals surface area contributed by atoms with Crippen molar-refractivity contribution in [3.8, 4) is 11.4 Å². The van der Waals surface area contributed by atoms with E-state index in [0.717, 1.165) is 22.1 Å². The van der Waals surface area contributed by atoms with E-state index in [1.54, 1.807) is 6.20 Å². The zero-order valence-electron chi connectivity index (χ0n) is 10.4. The second-order valence-electron chi connectivity index (χ2n) is 4.52. The predicted octanol–water partition coefficient (Wildman–Crippen LogP) is 2.47. The molecule has 0 fully saturated rings. The van der Waals surface area contributed by atoms with Gasteiger partial charge in [-0.1, -0.05) is 24.3 Å². The Morgan fingerprint density at radius 1 is 0.900 bits per heavy atom. The second-order valence-corrected chi connectivity index (χ2v) is 4.52. The highest BCUT2D eigenvalue weighted by molar-refractivity contribution is 6.06. The van der Waals surface area contributed by atoms with E-state index in [1.165, 1.54) is 0 Å². The van der Waals surface area contributed by atoms with Gasteiger partial charge >= 0.3 is 5.69 Å². The van der Waals surface area contributed by atoms with E-state index >= 15 is 0 Å². The molecule has 0 spiro atoms. The van der Waals surface area contributed by atoms with Crippen LogP contribution in [0.5, 0.6) is 0 Å². The molecule has 4 rings (SSSR count). The molecule has 0 aliphatic heterocycles. The number of H-pyrrole nitrogens is 2. The first kappa shape index (κ1) is 10.9. The Labute approximate surface area is 113 Å². The van der Waals surface area contributed by atoms with Crippen molar-refractivity contribution in [1.29, 1.82) is 0 Å². The number of rotatable bonds is 1. The number of aromatic nitrogens is 4. The summed E-state index contributed by atoms with van der Waals surface area (Å²) in [5.41, 5.74) is 3.45. The minimum atomic E-state index is -0.240. The number of nitrogens with one attached hydrogen (secondary N) is 2. The van der Waals surface area contributed by atoms with Gasteiger partial charge in [0.25, 0.3) is 0 Å². The first-order chi connectivity index (χ1) is 9.83. The van der Waals surface area contributed by atoms with Crippen LogP contribution in [-0.2, 0) is 0 Å². The van der Waals surface area contributed by atoms with Crippen LogP contribution in [0.25, 0.3) is 33.3 Å². The maximum Gasteiger partial charge on any atom is 0.323 e. The molecule has 0 aliphatic rings. The van der Waals surface area contributed by atoms with Gasteiger partial charge in [0.15, 0.2) is 0 Å². The van der Waals surface area contributed by atoms with Crippen molar-refractivity contribution in [2.24, 2.45) is 0 Å². The highest BCUT2D eigenvalue weighted by Crippen LogP contribution is 2.27. The lowest BCUT2D eigenvalue weighted by atomic mass is 10.1. The van der Waals surface area contributed by atoms with Crippen LogP contribution >= 0.6 is 0 Å². The lowest BCUT2D eigenvalue weighted by Gasteiger charge is -2.04. The van der Waals surface area contributed by atoms with E-state index in [0.29, 0.717) is 11.2 Å². The van der Waals surface area contributed by atoms with Crippen LogP contribution in [0, 0.1) is 0 Å². The second kappa shape index (κ2) is 4.03. The third kappa shape index (κ3) is 1.53. The first-order valence-corrected chi connectivity index (χ1v) is 6.25. The Bertz CT molecular complexity index is 969. The van der Waals surface area contributed by atoms with Gasteiger partial charge in [-0.25, -0.2) is 9.78 Å². The molecule has 3 aromatic heterocycles. The lowest BCUT2D eigenvalue weighted by molar-refractivity contribution is 1.21. The van der Waals surface area contributed by atoms with Crippen molar-refractivity contribution in [2.75, 3.05) is 0 Å². The average molecular weight is 262 g/mol. The summed E-state index contributed by atoms with van der Waals surface area (Å²) in [5.74, 6) is 0. The number of hydrogen-bond donors (Lipinski definition) is 2. The van der Waals surface area contributed by atoms with Crippen LogP contribution in [0.3, 0.4) is 0 Å². The van der Waals surface area contributed by atoms with Gasteiger partial charge < -0.3 is 9.97 Å². The summed E-state index contributed by atoms with van der Waals surface area (Å²) in [6, 6.07) is 13.3. The Balaban J connectivity index is 2.21. The van der Waals surface area contributed by atoms with Gasteiger partial charge in [-0.3, -0.25) is 4.98 Å². The predicted molar refractivity (Wildman–Crippen MR) is 77.5 cm³/mol. The summed E-state index contributed by atoms with van der Waals surface area (Å²) in [5, 5.41) is 0.917. The maximum absolute atomic E-state index is 11.7. The molecule has 96 valence electrons. The van der Waals surface area contributed by atoms with Gasteiger partial charge in [-0.2, -0.15) is 0 Å². The van der Waals surface area contributed by atoms with Crippen molar-refractivity contribution < 1.29 is 0 Å². The average Bonchev–Trinajstić information content (AvgIpc) is 2.89. The number of hydrogen-bond acceptors (Lipinski definition) is 3. The molecule has 0 saturated heterocycles. The normalized spacial score (nSPS) is 11.2. The van der Waals surface area contributed by atoms with Gasteiger partial charge in [0, 0.05) is 11.6 Å². The molecule has 0 bridgehead atoms. The minimum Gasteiger partial charge on any atom is -0.305 e. The number of aromatic amines is 2. The lowest BCUT2D eigenvalue weighted by Crippen LogP contribution is -1.99. The Morgan fingerprint density at radius 3 is 2.55 bits per heavy atom. The summed E-state index contributed by atoms with van der Waals surface area (Å²) in [7, 11) is 0. The molecule has 0 amide bonds. The first-order valence-electron chi connectivity index (χ1n) is 6.25. The number of nitrogens with zero attached hydrogens (tertiary/aromatic N) is 2. The van der Waals surface area contributed by atoms with Gasteiger partial charge in [0.05, 0.1) is 22.2 Å². The Kier molecular flexibility index (Phi) is 2.20. The topological polar surface area (TPSA) is 74.4 Å². The van der Waals surface area contributed by atoms with E-state index in [2.05, 4.69) is 19.9 Å². The molecular weight excluding hydrogens is 252 g/mol. The van der Waals surface area contributed by atoms with Gasteiger partial charge in [0.1, 0.15) is 5.69 Å². The van der Waals surface area contributed by atoms with Crippen LogP contribution in [-0.4, -0.2) is 19.9 Å². The van der Waals surface area contributed by atoms with Gasteiger partial charge in [-0.05, 0) is 18.2 Å². The fraction of sp³-hybridized carbons (Fsp3) is 0. The molecule has 3 heterocycles. The molecule has 4 aromatic rings. The molecule has 0 unspecified atom stereocenters. The van der Waals surface area contributed by atoms with E-state index in [4.69, 9.17) is 0 Å². The molecular formula is C15H10N4O. The quantitative estimate of drug-likeness (QED) is 0.553.